The maximum atomic E-state index is 9.02. The fourth-order valence-corrected chi connectivity index (χ4v) is 8.55. The molecule has 1 fully saturated rings. The Hall–Kier alpha value is -3.83. The summed E-state index contributed by atoms with van der Waals surface area (Å²) in [4.78, 5) is 9.13. The molecular weight excluding hydrogens is 837 g/mol. The van der Waals surface area contributed by atoms with Gasteiger partial charge in [0.1, 0.15) is 5.58 Å². The van der Waals surface area contributed by atoms with Gasteiger partial charge in [0.2, 0.25) is 0 Å². The minimum Gasteiger partial charge on any atom is -0.501 e. The van der Waals surface area contributed by atoms with E-state index in [1.54, 1.807) is 12.1 Å². The van der Waals surface area contributed by atoms with Gasteiger partial charge in [-0.25, -0.2) is 0 Å². The summed E-state index contributed by atoms with van der Waals surface area (Å²) in [6.45, 7) is -2.08. The molecule has 4 aromatic carbocycles. The van der Waals surface area contributed by atoms with Crippen LogP contribution in [0.3, 0.4) is 0 Å². The van der Waals surface area contributed by atoms with Crippen molar-refractivity contribution in [2.24, 2.45) is 0 Å². The molecule has 3 heterocycles. The van der Waals surface area contributed by atoms with Gasteiger partial charge < -0.3 is 9.40 Å². The van der Waals surface area contributed by atoms with Crippen molar-refractivity contribution in [2.45, 2.75) is 62.1 Å². The summed E-state index contributed by atoms with van der Waals surface area (Å²) in [5.41, 5.74) is 8.68. The second kappa shape index (κ2) is 15.4. The molecule has 1 radical (unpaired) electrons. The topological polar surface area (TPSA) is 38.9 Å². The number of hydrogen-bond acceptors (Lipinski definition) is 3. The Morgan fingerprint density at radius 1 is 0.796 bits per heavy atom. The normalized spacial score (nSPS) is 15.6. The quantitative estimate of drug-likeness (QED) is 0.128. The SMILES string of the molecule is [2H]C([2H])([2H])c1c[c-]c(-c2cc[c]([Ge]([CH3])([CH3])[CH3])cn2)cc1.[2H]C1(c2ccnc(-c3[c-]ccc4c3oc3cc(-c5ccccc5)ccc34)c2)CCCCC1.[Ir]. The van der Waals surface area contributed by atoms with Gasteiger partial charge in [-0.05, 0) is 47.7 Å². The second-order valence-corrected chi connectivity index (χ2v) is 24.2. The smallest absolute Gasteiger partial charge is 0.121 e. The summed E-state index contributed by atoms with van der Waals surface area (Å²) in [7, 11) is 0. The fourth-order valence-electron chi connectivity index (χ4n) is 6.38. The summed E-state index contributed by atoms with van der Waals surface area (Å²) in [6.07, 6.45) is 9.08. The Morgan fingerprint density at radius 3 is 2.35 bits per heavy atom. The third-order valence-electron chi connectivity index (χ3n) is 9.14. The number of furan rings is 1. The average molecular weight is 884 g/mol. The zero-order valence-electron chi connectivity index (χ0n) is 32.1. The number of aryl methyl sites for hydroxylation is 1. The number of nitrogens with zero attached hydrogens (tertiary/aromatic N) is 2. The molecule has 0 aliphatic heterocycles. The maximum absolute atomic E-state index is 9.02. The Balaban J connectivity index is 0.000000199. The molecule has 0 unspecified atom stereocenters. The predicted molar refractivity (Wildman–Crippen MR) is 203 cm³/mol. The van der Waals surface area contributed by atoms with Crippen LogP contribution in [0.2, 0.25) is 17.3 Å². The van der Waals surface area contributed by atoms with Gasteiger partial charge >= 0.3 is 110 Å². The molecule has 3 nitrogen and oxygen atoms in total. The molecule has 1 saturated carbocycles. The summed E-state index contributed by atoms with van der Waals surface area (Å²) in [6, 6.07) is 40.2. The monoisotopic (exact) mass is 885 g/mol. The van der Waals surface area contributed by atoms with E-state index in [9.17, 15) is 0 Å². The number of fused-ring (bicyclic) bond motifs is 3. The average Bonchev–Trinajstić information content (AvgIpc) is 3.53. The Morgan fingerprint density at radius 2 is 1.63 bits per heavy atom. The Labute approximate surface area is 312 Å². The number of aromatic nitrogens is 2. The maximum Gasteiger partial charge on any atom is 0.121 e. The standard InChI is InChI=1S/C29H24NO.C15H18GeN.Ir/c1-3-8-20(9-4-1)22-14-15-24-25-12-7-13-26(29(25)31-28(24)19-22)27-18-23(16-17-30-27)21-10-5-2-6-11-21;1-12-5-7-13(8-6-12)15-10-9-14(11-17-15)16(2,3)4;/h1,3-4,7-9,12,14-19,21H,2,5-6,10-11H2;5-7,9-11H,1-4H3;/q2*-1;/i21D;1D3;. The van der Waals surface area contributed by atoms with Crippen LogP contribution in [0, 0.1) is 19.0 Å². The molecule has 0 atom stereocenters. The number of benzene rings is 4. The Kier molecular flexibility index (Phi) is 9.43. The van der Waals surface area contributed by atoms with Crippen molar-refractivity contribution in [1.29, 1.82) is 0 Å². The van der Waals surface area contributed by atoms with Crippen molar-refractivity contribution in [3.05, 3.63) is 139 Å². The van der Waals surface area contributed by atoms with Crippen molar-refractivity contribution in [2.75, 3.05) is 0 Å². The number of pyridine rings is 2. The minimum atomic E-state index is -2.08. The summed E-state index contributed by atoms with van der Waals surface area (Å²) in [5.74, 6) is 6.47. The molecule has 7 aromatic rings. The van der Waals surface area contributed by atoms with Crippen LogP contribution in [-0.2, 0) is 20.1 Å². The van der Waals surface area contributed by atoms with E-state index in [0.29, 0.717) is 5.56 Å². The molecule has 0 saturated heterocycles. The van der Waals surface area contributed by atoms with Gasteiger partial charge in [0.05, 0.1) is 5.58 Å². The van der Waals surface area contributed by atoms with Gasteiger partial charge in [0.15, 0.2) is 0 Å². The van der Waals surface area contributed by atoms with Crippen LogP contribution in [-0.4, -0.2) is 23.2 Å². The molecule has 1 aliphatic rings. The van der Waals surface area contributed by atoms with Crippen molar-refractivity contribution in [1.82, 2.24) is 9.97 Å². The molecule has 1 aliphatic carbocycles. The molecule has 3 aromatic heterocycles. The molecule has 0 amide bonds. The summed E-state index contributed by atoms with van der Waals surface area (Å²) in [5, 5.41) is 2.16. The van der Waals surface area contributed by atoms with Gasteiger partial charge in [0, 0.05) is 33.1 Å². The Bertz CT molecular complexity index is 2250. The van der Waals surface area contributed by atoms with Crippen LogP contribution >= 0.6 is 0 Å². The van der Waals surface area contributed by atoms with Gasteiger partial charge in [-0.1, -0.05) is 84.3 Å². The van der Waals surface area contributed by atoms with Crippen molar-refractivity contribution < 1.29 is 30.0 Å². The summed E-state index contributed by atoms with van der Waals surface area (Å²) < 4.78 is 38.8. The van der Waals surface area contributed by atoms with Gasteiger partial charge in [-0.2, -0.15) is 0 Å². The van der Waals surface area contributed by atoms with Crippen molar-refractivity contribution in [3.8, 4) is 33.6 Å². The van der Waals surface area contributed by atoms with Gasteiger partial charge in [-0.3, -0.25) is 0 Å². The van der Waals surface area contributed by atoms with E-state index in [2.05, 4.69) is 100 Å². The third-order valence-corrected chi connectivity index (χ3v) is 13.4. The van der Waals surface area contributed by atoms with E-state index >= 15 is 0 Å². The molecule has 5 heteroatoms. The van der Waals surface area contributed by atoms with Crippen LogP contribution < -0.4 is 4.40 Å². The van der Waals surface area contributed by atoms with E-state index in [-0.39, 0.29) is 20.1 Å². The number of rotatable bonds is 5. The van der Waals surface area contributed by atoms with Crippen LogP contribution in [0.25, 0.3) is 55.6 Å². The van der Waals surface area contributed by atoms with Crippen LogP contribution in [0.15, 0.2) is 120 Å². The summed E-state index contributed by atoms with van der Waals surface area (Å²) >= 11 is -1.83. The number of hydrogen-bond donors (Lipinski definition) is 0. The van der Waals surface area contributed by atoms with E-state index in [1.165, 1.54) is 22.4 Å². The molecule has 0 spiro atoms. The third kappa shape index (κ3) is 7.99. The zero-order chi connectivity index (χ0) is 36.5. The van der Waals surface area contributed by atoms with Gasteiger partial charge in [-0.15, -0.1) is 18.2 Å². The first-order valence-electron chi connectivity index (χ1n) is 18.8. The fraction of sp³-hybridized carbons (Fsp3) is 0.227. The molecular formula is C44H42GeIrN2O-2. The van der Waals surface area contributed by atoms with E-state index < -0.39 is 26.0 Å². The first kappa shape index (κ1) is 30.0. The molecule has 0 N–H and O–H groups in total. The molecule has 0 bridgehead atoms. The van der Waals surface area contributed by atoms with Crippen LogP contribution in [0.5, 0.6) is 0 Å². The minimum absolute atomic E-state index is 0. The van der Waals surface area contributed by atoms with Crippen molar-refractivity contribution in [3.63, 3.8) is 0 Å². The van der Waals surface area contributed by atoms with Crippen LogP contribution in [0.4, 0.5) is 0 Å². The molecule has 8 rings (SSSR count). The predicted octanol–water partition coefficient (Wildman–Crippen LogP) is 11.6. The zero-order valence-corrected chi connectivity index (χ0v) is 32.6. The van der Waals surface area contributed by atoms with Crippen LogP contribution in [0.1, 0.15) is 54.6 Å². The molecule has 249 valence electrons. The van der Waals surface area contributed by atoms with E-state index in [1.807, 2.05) is 36.7 Å². The first-order valence-corrected chi connectivity index (χ1v) is 24.1. The van der Waals surface area contributed by atoms with E-state index in [4.69, 9.17) is 9.90 Å². The van der Waals surface area contributed by atoms with E-state index in [0.717, 1.165) is 81.3 Å². The van der Waals surface area contributed by atoms with Crippen molar-refractivity contribution >= 4 is 39.6 Å². The second-order valence-electron chi connectivity index (χ2n) is 13.5. The molecule has 49 heavy (non-hydrogen) atoms. The van der Waals surface area contributed by atoms with Gasteiger partial charge in [0.25, 0.3) is 0 Å². The first-order chi connectivity index (χ1) is 24.9. The largest absolute Gasteiger partial charge is 0.501 e.